The molecular weight excluding hydrogens is 280 g/mol. The molecule has 1 aliphatic heterocycles. The van der Waals surface area contributed by atoms with Crippen LogP contribution >= 0.6 is 0 Å². The van der Waals surface area contributed by atoms with E-state index >= 15 is 0 Å². The fourth-order valence-electron chi connectivity index (χ4n) is 1.79. The van der Waals surface area contributed by atoms with E-state index in [2.05, 4.69) is 10.6 Å². The molecule has 0 saturated carbocycles. The van der Waals surface area contributed by atoms with E-state index < -0.39 is 36.3 Å². The van der Waals surface area contributed by atoms with Gasteiger partial charge in [0.15, 0.2) is 0 Å². The highest BCUT2D eigenvalue weighted by Gasteiger charge is 2.44. The molecule has 1 rings (SSSR count). The van der Waals surface area contributed by atoms with E-state index in [1.165, 1.54) is 6.92 Å². The molecule has 0 aromatic heterocycles. The van der Waals surface area contributed by atoms with Crippen LogP contribution < -0.4 is 10.6 Å². The smallest absolute Gasteiger partial charge is 0.334 e. The molecule has 0 aromatic rings. The Hall–Kier alpha value is -2.45. The average Bonchev–Trinajstić information content (AvgIpc) is 2.62. The topological polar surface area (TPSA) is 116 Å². The van der Waals surface area contributed by atoms with Gasteiger partial charge in [0, 0.05) is 13.1 Å². The highest BCUT2D eigenvalue weighted by molar-refractivity contribution is 6.45. The minimum Gasteiger partial charge on any atom is -0.355 e. The van der Waals surface area contributed by atoms with Gasteiger partial charge in [0.05, 0.1) is 0 Å². The second-order valence-electron chi connectivity index (χ2n) is 4.41. The molecule has 9 nitrogen and oxygen atoms in total. The van der Waals surface area contributed by atoms with Crippen LogP contribution in [-0.4, -0.2) is 65.1 Å². The summed E-state index contributed by atoms with van der Waals surface area (Å²) in [5.74, 6) is -3.06. The highest BCUT2D eigenvalue weighted by Crippen LogP contribution is 2.10. The summed E-state index contributed by atoms with van der Waals surface area (Å²) in [6, 6.07) is -1.63. The Morgan fingerprint density at radius 1 is 1.10 bits per heavy atom. The molecule has 9 heteroatoms. The zero-order valence-electron chi connectivity index (χ0n) is 12.1. The van der Waals surface area contributed by atoms with E-state index in [1.807, 2.05) is 0 Å². The zero-order valence-corrected chi connectivity index (χ0v) is 12.1. The van der Waals surface area contributed by atoms with Crippen LogP contribution in [0.25, 0.3) is 0 Å². The van der Waals surface area contributed by atoms with Gasteiger partial charge < -0.3 is 10.6 Å². The molecule has 116 valence electrons. The molecule has 0 bridgehead atoms. The van der Waals surface area contributed by atoms with E-state index in [0.717, 1.165) is 4.90 Å². The third-order valence-corrected chi connectivity index (χ3v) is 2.87. The number of carbonyl (C=O) groups is 5. The summed E-state index contributed by atoms with van der Waals surface area (Å²) in [5.41, 5.74) is 0. The molecule has 1 saturated heterocycles. The van der Waals surface area contributed by atoms with Crippen molar-refractivity contribution in [3.63, 3.8) is 0 Å². The minimum atomic E-state index is -1.04. The predicted molar refractivity (Wildman–Crippen MR) is 70.8 cm³/mol. The van der Waals surface area contributed by atoms with Gasteiger partial charge in [0.25, 0.3) is 0 Å². The van der Waals surface area contributed by atoms with Crippen molar-refractivity contribution in [3.8, 4) is 0 Å². The third kappa shape index (κ3) is 3.56. The van der Waals surface area contributed by atoms with E-state index in [4.69, 9.17) is 0 Å². The Kier molecular flexibility index (Phi) is 5.39. The summed E-state index contributed by atoms with van der Waals surface area (Å²) in [6.45, 7) is 4.63. The highest BCUT2D eigenvalue weighted by atomic mass is 16.2. The van der Waals surface area contributed by atoms with Crippen LogP contribution in [-0.2, 0) is 19.2 Å². The number of nitrogens with one attached hydrogen (secondary N) is 2. The molecule has 1 aliphatic rings. The van der Waals surface area contributed by atoms with Crippen molar-refractivity contribution in [1.82, 2.24) is 20.4 Å². The lowest BCUT2D eigenvalue weighted by atomic mass is 10.3. The summed E-state index contributed by atoms with van der Waals surface area (Å²) in [6.07, 6.45) is 0. The lowest BCUT2D eigenvalue weighted by Gasteiger charge is -2.16. The van der Waals surface area contributed by atoms with Crippen LogP contribution in [0.2, 0.25) is 0 Å². The van der Waals surface area contributed by atoms with Gasteiger partial charge in [-0.1, -0.05) is 0 Å². The van der Waals surface area contributed by atoms with Crippen LogP contribution in [0.5, 0.6) is 0 Å². The molecule has 0 unspecified atom stereocenters. The van der Waals surface area contributed by atoms with Crippen molar-refractivity contribution in [1.29, 1.82) is 0 Å². The SMILES string of the molecule is CCNC(=O)[C@@H](C)NC(=O)CN1C(=O)C(=O)N(CC)C1=O. The standard InChI is InChI=1S/C12H18N4O5/c1-4-13-9(18)7(3)14-8(17)6-16-11(20)10(19)15(5-2)12(16)21/h7H,4-6H2,1-3H3,(H,13,18)(H,14,17)/t7-/m1/s1. The lowest BCUT2D eigenvalue weighted by Crippen LogP contribution is -2.49. The van der Waals surface area contributed by atoms with Crippen molar-refractivity contribution in [2.75, 3.05) is 19.6 Å². The number of likely N-dealkylation sites (N-methyl/N-ethyl adjacent to an activating group) is 2. The maximum atomic E-state index is 11.8. The third-order valence-electron chi connectivity index (χ3n) is 2.87. The number of hydrogen-bond donors (Lipinski definition) is 2. The van der Waals surface area contributed by atoms with Gasteiger partial charge in [-0.2, -0.15) is 0 Å². The van der Waals surface area contributed by atoms with Crippen LogP contribution in [0.4, 0.5) is 4.79 Å². The number of nitrogens with zero attached hydrogens (tertiary/aromatic N) is 2. The fourth-order valence-corrected chi connectivity index (χ4v) is 1.79. The second kappa shape index (κ2) is 6.82. The second-order valence-corrected chi connectivity index (χ2v) is 4.41. The van der Waals surface area contributed by atoms with Crippen LogP contribution in [0.3, 0.4) is 0 Å². The number of rotatable bonds is 6. The van der Waals surface area contributed by atoms with E-state index in [1.54, 1.807) is 13.8 Å². The Labute approximate surface area is 121 Å². The number of carbonyl (C=O) groups excluding carboxylic acids is 5. The average molecular weight is 298 g/mol. The summed E-state index contributed by atoms with van der Waals surface area (Å²) < 4.78 is 0. The van der Waals surface area contributed by atoms with E-state index in [9.17, 15) is 24.0 Å². The number of imide groups is 2. The first-order chi connectivity index (χ1) is 9.83. The number of hydrogen-bond acceptors (Lipinski definition) is 5. The summed E-state index contributed by atoms with van der Waals surface area (Å²) in [7, 11) is 0. The van der Waals surface area contributed by atoms with E-state index in [-0.39, 0.29) is 12.5 Å². The van der Waals surface area contributed by atoms with Gasteiger partial charge in [-0.25, -0.2) is 9.69 Å². The van der Waals surface area contributed by atoms with Gasteiger partial charge in [-0.05, 0) is 20.8 Å². The first kappa shape index (κ1) is 16.6. The summed E-state index contributed by atoms with van der Waals surface area (Å²) >= 11 is 0. The van der Waals surface area contributed by atoms with Gasteiger partial charge in [-0.3, -0.25) is 24.1 Å². The molecule has 1 fully saturated rings. The van der Waals surface area contributed by atoms with Crippen LogP contribution in [0.1, 0.15) is 20.8 Å². The van der Waals surface area contributed by atoms with Crippen molar-refractivity contribution < 1.29 is 24.0 Å². The molecule has 21 heavy (non-hydrogen) atoms. The van der Waals surface area contributed by atoms with Gasteiger partial charge >= 0.3 is 17.8 Å². The van der Waals surface area contributed by atoms with Crippen molar-refractivity contribution in [2.45, 2.75) is 26.8 Å². The molecule has 6 amide bonds. The maximum Gasteiger partial charge on any atom is 0.334 e. The monoisotopic (exact) mass is 298 g/mol. The normalized spacial score (nSPS) is 16.2. The zero-order chi connectivity index (χ0) is 16.2. The Morgan fingerprint density at radius 3 is 2.14 bits per heavy atom. The van der Waals surface area contributed by atoms with Crippen LogP contribution in [0.15, 0.2) is 0 Å². The number of urea groups is 1. The fraction of sp³-hybridized carbons (Fsp3) is 0.583. The van der Waals surface area contributed by atoms with Crippen molar-refractivity contribution >= 4 is 29.7 Å². The van der Waals surface area contributed by atoms with Crippen molar-refractivity contribution in [2.24, 2.45) is 0 Å². The van der Waals surface area contributed by atoms with E-state index in [0.29, 0.717) is 11.4 Å². The minimum absolute atomic E-state index is 0.0524. The molecule has 0 aromatic carbocycles. The largest absolute Gasteiger partial charge is 0.355 e. The predicted octanol–water partition coefficient (Wildman–Crippen LogP) is -1.56. The van der Waals surface area contributed by atoms with Gasteiger partial charge in [-0.15, -0.1) is 0 Å². The molecule has 0 aliphatic carbocycles. The Bertz CT molecular complexity index is 490. The van der Waals surface area contributed by atoms with Crippen LogP contribution in [0, 0.1) is 0 Å². The van der Waals surface area contributed by atoms with Crippen molar-refractivity contribution in [3.05, 3.63) is 0 Å². The molecule has 1 atom stereocenters. The maximum absolute atomic E-state index is 11.8. The quantitative estimate of drug-likeness (QED) is 0.454. The Morgan fingerprint density at radius 2 is 1.67 bits per heavy atom. The van der Waals surface area contributed by atoms with Gasteiger partial charge in [0.2, 0.25) is 11.8 Å². The molecular formula is C12H18N4O5. The first-order valence-electron chi connectivity index (χ1n) is 6.57. The summed E-state index contributed by atoms with van der Waals surface area (Å²) in [5, 5.41) is 4.87. The molecule has 0 spiro atoms. The summed E-state index contributed by atoms with van der Waals surface area (Å²) in [4.78, 5) is 59.4. The van der Waals surface area contributed by atoms with Gasteiger partial charge in [0.1, 0.15) is 12.6 Å². The molecule has 2 N–H and O–H groups in total. The lowest BCUT2D eigenvalue weighted by molar-refractivity contribution is -0.144. The first-order valence-corrected chi connectivity index (χ1v) is 6.57. The number of amides is 6. The molecule has 1 heterocycles. The molecule has 0 radical (unpaired) electrons. The Balaban J connectivity index is 2.63.